The van der Waals surface area contributed by atoms with E-state index in [2.05, 4.69) is 67.6 Å². The van der Waals surface area contributed by atoms with Crippen LogP contribution in [0.25, 0.3) is 10.9 Å². The van der Waals surface area contributed by atoms with Crippen LogP contribution in [-0.4, -0.2) is 23.0 Å². The summed E-state index contributed by atoms with van der Waals surface area (Å²) in [6.45, 7) is 16.0. The molecule has 1 aliphatic heterocycles. The van der Waals surface area contributed by atoms with Crippen molar-refractivity contribution in [2.75, 3.05) is 13.1 Å². The number of benzene rings is 1. The molecule has 0 atom stereocenters. The van der Waals surface area contributed by atoms with Gasteiger partial charge in [0.2, 0.25) is 0 Å². The number of nitrogens with zero attached hydrogens (tertiary/aromatic N) is 1. The molecule has 0 fully saturated rings. The van der Waals surface area contributed by atoms with Crippen LogP contribution in [0.15, 0.2) is 54.7 Å². The third kappa shape index (κ3) is 3.25. The molecule has 1 aromatic carbocycles. The number of allylic oxidation sites excluding steroid dienone is 3. The Hall–Kier alpha value is -2.06. The third-order valence-corrected chi connectivity index (χ3v) is 4.80. The molecular formula is C22H28N2. The summed E-state index contributed by atoms with van der Waals surface area (Å²) in [4.78, 5) is 6.19. The summed E-state index contributed by atoms with van der Waals surface area (Å²) < 4.78 is 0. The fourth-order valence-electron chi connectivity index (χ4n) is 3.78. The molecule has 0 saturated heterocycles. The van der Waals surface area contributed by atoms with Crippen molar-refractivity contribution in [3.63, 3.8) is 0 Å². The first kappa shape index (κ1) is 16.8. The predicted octanol–water partition coefficient (Wildman–Crippen LogP) is 5.26. The van der Waals surface area contributed by atoms with Gasteiger partial charge in [-0.15, -0.1) is 0 Å². The van der Waals surface area contributed by atoms with Crippen LogP contribution in [0.2, 0.25) is 0 Å². The van der Waals surface area contributed by atoms with Gasteiger partial charge in [0.1, 0.15) is 0 Å². The van der Waals surface area contributed by atoms with E-state index >= 15 is 0 Å². The zero-order chi connectivity index (χ0) is 17.3. The Bertz CT molecular complexity index is 818. The molecule has 2 aromatic rings. The zero-order valence-corrected chi connectivity index (χ0v) is 15.3. The summed E-state index contributed by atoms with van der Waals surface area (Å²) in [5.41, 5.74) is 6.70. The summed E-state index contributed by atoms with van der Waals surface area (Å²) in [7, 11) is 0. The highest BCUT2D eigenvalue weighted by atomic mass is 15.1. The van der Waals surface area contributed by atoms with E-state index in [1.54, 1.807) is 0 Å². The standard InChI is InChI=1S/C22H28N2/c1-6-7-8-9-17(3)13-24-14-19-18-12-16(2)10-11-20(18)23-21(19)22(4,5)15-24/h6-12,23H,3,13-15H2,1-2,4-5H3/b7-6-,9-8-. The van der Waals surface area contributed by atoms with Crippen molar-refractivity contribution in [1.82, 2.24) is 9.88 Å². The van der Waals surface area contributed by atoms with Gasteiger partial charge in [-0.1, -0.05) is 56.4 Å². The van der Waals surface area contributed by atoms with Gasteiger partial charge in [0.05, 0.1) is 0 Å². The Morgan fingerprint density at radius 1 is 1.33 bits per heavy atom. The Balaban J connectivity index is 1.90. The lowest BCUT2D eigenvalue weighted by atomic mass is 9.82. The van der Waals surface area contributed by atoms with Crippen molar-refractivity contribution in [1.29, 1.82) is 0 Å². The Labute approximate surface area is 145 Å². The smallest absolute Gasteiger partial charge is 0.0459 e. The van der Waals surface area contributed by atoms with Crippen LogP contribution in [-0.2, 0) is 12.0 Å². The zero-order valence-electron chi connectivity index (χ0n) is 15.3. The van der Waals surface area contributed by atoms with Gasteiger partial charge in [0.15, 0.2) is 0 Å². The molecule has 2 nitrogen and oxygen atoms in total. The van der Waals surface area contributed by atoms with E-state index in [-0.39, 0.29) is 5.41 Å². The number of H-pyrrole nitrogens is 1. The number of hydrogen-bond donors (Lipinski definition) is 1. The van der Waals surface area contributed by atoms with Gasteiger partial charge < -0.3 is 4.98 Å². The Morgan fingerprint density at radius 3 is 2.88 bits per heavy atom. The van der Waals surface area contributed by atoms with Crippen LogP contribution in [0.5, 0.6) is 0 Å². The maximum Gasteiger partial charge on any atom is 0.0459 e. The lowest BCUT2D eigenvalue weighted by Gasteiger charge is -2.38. The van der Waals surface area contributed by atoms with Crippen molar-refractivity contribution < 1.29 is 0 Å². The number of nitrogens with one attached hydrogen (secondary N) is 1. The number of aryl methyl sites for hydroxylation is 1. The van der Waals surface area contributed by atoms with Gasteiger partial charge in [0.25, 0.3) is 0 Å². The Morgan fingerprint density at radius 2 is 2.12 bits per heavy atom. The van der Waals surface area contributed by atoms with Crippen LogP contribution in [0.1, 0.15) is 37.6 Å². The molecule has 0 bridgehead atoms. The van der Waals surface area contributed by atoms with E-state index in [4.69, 9.17) is 0 Å². The fraction of sp³-hybridized carbons (Fsp3) is 0.364. The second-order valence-electron chi connectivity index (χ2n) is 7.60. The molecule has 1 N–H and O–H groups in total. The topological polar surface area (TPSA) is 19.0 Å². The van der Waals surface area contributed by atoms with Crippen molar-refractivity contribution in [2.45, 2.75) is 39.7 Å². The predicted molar refractivity (Wildman–Crippen MR) is 104 cm³/mol. The van der Waals surface area contributed by atoms with Gasteiger partial charge in [-0.25, -0.2) is 0 Å². The highest BCUT2D eigenvalue weighted by molar-refractivity contribution is 5.86. The van der Waals surface area contributed by atoms with Crippen molar-refractivity contribution in [3.8, 4) is 0 Å². The number of rotatable bonds is 4. The molecule has 0 amide bonds. The summed E-state index contributed by atoms with van der Waals surface area (Å²) in [6, 6.07) is 6.70. The van der Waals surface area contributed by atoms with Crippen LogP contribution in [0.3, 0.4) is 0 Å². The van der Waals surface area contributed by atoms with Gasteiger partial charge in [-0.05, 0) is 37.1 Å². The molecule has 3 rings (SSSR count). The highest BCUT2D eigenvalue weighted by Crippen LogP contribution is 2.37. The Kier molecular flexibility index (Phi) is 4.51. The molecule has 0 unspecified atom stereocenters. The van der Waals surface area contributed by atoms with Crippen molar-refractivity contribution >= 4 is 10.9 Å². The number of hydrogen-bond acceptors (Lipinski definition) is 1. The van der Waals surface area contributed by atoms with Crippen LogP contribution in [0.4, 0.5) is 0 Å². The molecule has 24 heavy (non-hydrogen) atoms. The average Bonchev–Trinajstić information content (AvgIpc) is 2.86. The maximum absolute atomic E-state index is 4.22. The van der Waals surface area contributed by atoms with E-state index in [1.165, 1.54) is 27.7 Å². The van der Waals surface area contributed by atoms with E-state index in [1.807, 2.05) is 19.1 Å². The van der Waals surface area contributed by atoms with Crippen LogP contribution >= 0.6 is 0 Å². The third-order valence-electron chi connectivity index (χ3n) is 4.80. The molecule has 0 radical (unpaired) electrons. The molecule has 1 aromatic heterocycles. The van der Waals surface area contributed by atoms with E-state index < -0.39 is 0 Å². The molecule has 2 heterocycles. The minimum atomic E-state index is 0.119. The SMILES string of the molecule is C=C(/C=C\C=C/C)CN1Cc2c([nH]c3ccc(C)cc23)C(C)(C)C1. The molecule has 0 aliphatic carbocycles. The second kappa shape index (κ2) is 6.45. The quantitative estimate of drug-likeness (QED) is 0.762. The fourth-order valence-corrected chi connectivity index (χ4v) is 3.78. The summed E-state index contributed by atoms with van der Waals surface area (Å²) in [5, 5.41) is 1.37. The summed E-state index contributed by atoms with van der Waals surface area (Å²) >= 11 is 0. The van der Waals surface area contributed by atoms with E-state index in [0.29, 0.717) is 0 Å². The highest BCUT2D eigenvalue weighted by Gasteiger charge is 2.34. The van der Waals surface area contributed by atoms with Gasteiger partial charge in [-0.2, -0.15) is 0 Å². The number of fused-ring (bicyclic) bond motifs is 3. The largest absolute Gasteiger partial charge is 0.358 e. The number of aromatic nitrogens is 1. The first-order chi connectivity index (χ1) is 11.4. The maximum atomic E-state index is 4.22. The summed E-state index contributed by atoms with van der Waals surface area (Å²) in [5.74, 6) is 0. The number of aromatic amines is 1. The second-order valence-corrected chi connectivity index (χ2v) is 7.60. The lowest BCUT2D eigenvalue weighted by Crippen LogP contribution is -2.42. The molecule has 0 spiro atoms. The minimum absolute atomic E-state index is 0.119. The van der Waals surface area contributed by atoms with E-state index in [0.717, 1.165) is 25.2 Å². The first-order valence-corrected chi connectivity index (χ1v) is 8.72. The molecule has 0 saturated carbocycles. The normalized spacial score (nSPS) is 17.8. The molecule has 126 valence electrons. The van der Waals surface area contributed by atoms with Crippen molar-refractivity contribution in [3.05, 3.63) is 71.5 Å². The molecule has 2 heteroatoms. The first-order valence-electron chi connectivity index (χ1n) is 8.72. The monoisotopic (exact) mass is 320 g/mol. The van der Waals surface area contributed by atoms with Gasteiger partial charge in [-0.3, -0.25) is 4.90 Å². The van der Waals surface area contributed by atoms with Crippen molar-refractivity contribution in [2.24, 2.45) is 0 Å². The average molecular weight is 320 g/mol. The minimum Gasteiger partial charge on any atom is -0.358 e. The summed E-state index contributed by atoms with van der Waals surface area (Å²) in [6.07, 6.45) is 8.26. The van der Waals surface area contributed by atoms with Gasteiger partial charge in [0, 0.05) is 41.6 Å². The van der Waals surface area contributed by atoms with E-state index in [9.17, 15) is 0 Å². The van der Waals surface area contributed by atoms with Gasteiger partial charge >= 0.3 is 0 Å². The lowest BCUT2D eigenvalue weighted by molar-refractivity contribution is 0.209. The molecular weight excluding hydrogens is 292 g/mol. The molecule has 1 aliphatic rings. The van der Waals surface area contributed by atoms with Crippen LogP contribution < -0.4 is 0 Å². The van der Waals surface area contributed by atoms with Crippen LogP contribution in [0, 0.1) is 6.92 Å².